The van der Waals surface area contributed by atoms with E-state index in [9.17, 15) is 4.79 Å². The molecule has 0 aliphatic carbocycles. The van der Waals surface area contributed by atoms with Crippen molar-refractivity contribution in [3.63, 3.8) is 0 Å². The number of rotatable bonds is 0. The van der Waals surface area contributed by atoms with Crippen LogP contribution in [0.3, 0.4) is 0 Å². The third kappa shape index (κ3) is 1.33. The first-order chi connectivity index (χ1) is 4.77. The fraction of sp³-hybridized carbons (Fsp3) is 0.200. The molecule has 0 atom stereocenters. The average Bonchev–Trinajstić information content (AvgIpc) is 2.30. The van der Waals surface area contributed by atoms with Crippen molar-refractivity contribution in [2.24, 2.45) is 4.99 Å². The number of halogens is 1. The summed E-state index contributed by atoms with van der Waals surface area (Å²) in [6, 6.07) is 0. The van der Waals surface area contributed by atoms with Crippen molar-refractivity contribution in [3.05, 3.63) is 11.2 Å². The third-order valence-corrected chi connectivity index (χ3v) is 1.76. The first-order valence-corrected chi connectivity index (χ1v) is 4.18. The maximum Gasteiger partial charge on any atom is 0.276 e. The van der Waals surface area contributed by atoms with E-state index in [0.29, 0.717) is 5.17 Å². The predicted molar refractivity (Wildman–Crippen MR) is 43.0 cm³/mol. The molecule has 5 heteroatoms. The van der Waals surface area contributed by atoms with Crippen molar-refractivity contribution in [2.75, 3.05) is 6.26 Å². The first-order valence-electron chi connectivity index (χ1n) is 2.52. The summed E-state index contributed by atoms with van der Waals surface area (Å²) in [6.45, 7) is 0. The maximum atomic E-state index is 10.8. The fourth-order valence-corrected chi connectivity index (χ4v) is 1.05. The van der Waals surface area contributed by atoms with Crippen LogP contribution in [0.5, 0.6) is 0 Å². The van der Waals surface area contributed by atoms with Crippen LogP contribution in [0.4, 0.5) is 0 Å². The molecule has 0 spiro atoms. The van der Waals surface area contributed by atoms with Gasteiger partial charge in [-0.15, -0.1) is 0 Å². The zero-order valence-electron chi connectivity index (χ0n) is 5.22. The monoisotopic (exact) mass is 176 g/mol. The number of thioether (sulfide) groups is 1. The van der Waals surface area contributed by atoms with E-state index in [1.807, 2.05) is 6.26 Å². The number of hydrogen-bond acceptors (Lipinski definition) is 3. The molecule has 1 aliphatic heterocycles. The molecule has 0 aromatic carbocycles. The third-order valence-electron chi connectivity index (χ3n) is 0.972. The lowest BCUT2D eigenvalue weighted by atomic mass is 10.5. The molecule has 10 heavy (non-hydrogen) atoms. The molecule has 0 aromatic rings. The van der Waals surface area contributed by atoms with Crippen LogP contribution in [0.1, 0.15) is 0 Å². The molecule has 0 unspecified atom stereocenters. The second-order valence-corrected chi connectivity index (χ2v) is 2.58. The molecule has 0 aromatic heterocycles. The number of nitrogens with zero attached hydrogens (tertiary/aromatic N) is 1. The van der Waals surface area contributed by atoms with Crippen LogP contribution >= 0.6 is 23.4 Å². The van der Waals surface area contributed by atoms with Crippen molar-refractivity contribution in [3.8, 4) is 0 Å². The smallest absolute Gasteiger partial charge is 0.276 e. The van der Waals surface area contributed by atoms with Crippen LogP contribution in [-0.2, 0) is 4.79 Å². The SMILES string of the molecule is CSC1=NC(=CCl)C(=O)N1. The van der Waals surface area contributed by atoms with Crippen molar-refractivity contribution < 1.29 is 4.79 Å². The summed E-state index contributed by atoms with van der Waals surface area (Å²) in [5.74, 6) is -0.237. The predicted octanol–water partition coefficient (Wildman–Crippen LogP) is 0.915. The van der Waals surface area contributed by atoms with Gasteiger partial charge in [0.15, 0.2) is 5.17 Å². The molecular weight excluding hydrogens is 172 g/mol. The maximum absolute atomic E-state index is 10.8. The van der Waals surface area contributed by atoms with Crippen LogP contribution in [0.15, 0.2) is 16.2 Å². The second-order valence-electron chi connectivity index (χ2n) is 1.57. The molecule has 1 amide bonds. The number of nitrogens with one attached hydrogen (secondary N) is 1. The lowest BCUT2D eigenvalue weighted by Crippen LogP contribution is -2.20. The van der Waals surface area contributed by atoms with Gasteiger partial charge in [0, 0.05) is 5.54 Å². The minimum absolute atomic E-state index is 0.237. The largest absolute Gasteiger partial charge is 0.300 e. The topological polar surface area (TPSA) is 41.5 Å². The minimum Gasteiger partial charge on any atom is -0.300 e. The highest BCUT2D eigenvalue weighted by molar-refractivity contribution is 8.13. The molecule has 1 N–H and O–H groups in total. The van der Waals surface area contributed by atoms with Crippen molar-refractivity contribution in [1.82, 2.24) is 5.32 Å². The standard InChI is InChI=1S/C5H5ClN2OS/c1-10-5-7-3(2-6)4(9)8-5/h2H,1H3,(H,7,8,9). The van der Waals surface area contributed by atoms with Gasteiger partial charge in [-0.25, -0.2) is 4.99 Å². The van der Waals surface area contributed by atoms with Gasteiger partial charge in [0.05, 0.1) is 0 Å². The zero-order valence-corrected chi connectivity index (χ0v) is 6.79. The first kappa shape index (κ1) is 7.63. The molecular formula is C5H5ClN2OS. The Bertz CT molecular complexity index is 224. The Morgan fingerprint density at radius 2 is 2.50 bits per heavy atom. The van der Waals surface area contributed by atoms with Gasteiger partial charge in [-0.1, -0.05) is 23.4 Å². The summed E-state index contributed by atoms with van der Waals surface area (Å²) in [5.41, 5.74) is 1.43. The Morgan fingerprint density at radius 1 is 1.80 bits per heavy atom. The van der Waals surface area contributed by atoms with Gasteiger partial charge in [0.1, 0.15) is 5.70 Å². The van der Waals surface area contributed by atoms with Crippen molar-refractivity contribution >= 4 is 34.4 Å². The second kappa shape index (κ2) is 3.07. The van der Waals surface area contributed by atoms with Crippen molar-refractivity contribution in [1.29, 1.82) is 0 Å². The molecule has 0 radical (unpaired) electrons. The lowest BCUT2D eigenvalue weighted by molar-refractivity contribution is -0.115. The van der Waals surface area contributed by atoms with E-state index in [2.05, 4.69) is 10.3 Å². The summed E-state index contributed by atoms with van der Waals surface area (Å²) in [5, 5.41) is 3.12. The van der Waals surface area contributed by atoms with E-state index in [1.54, 1.807) is 0 Å². The van der Waals surface area contributed by atoms with E-state index in [-0.39, 0.29) is 11.6 Å². The zero-order chi connectivity index (χ0) is 7.56. The highest BCUT2D eigenvalue weighted by atomic mass is 35.5. The minimum atomic E-state index is -0.237. The molecule has 0 saturated carbocycles. The fourth-order valence-electron chi connectivity index (χ4n) is 0.520. The normalized spacial score (nSPS) is 21.2. The van der Waals surface area contributed by atoms with Gasteiger partial charge in [-0.3, -0.25) is 10.1 Å². The molecule has 1 heterocycles. The van der Waals surface area contributed by atoms with Crippen LogP contribution in [0.2, 0.25) is 0 Å². The Labute approximate surface area is 67.5 Å². The summed E-state index contributed by atoms with van der Waals surface area (Å²) < 4.78 is 0. The van der Waals surface area contributed by atoms with E-state index in [4.69, 9.17) is 11.6 Å². The van der Waals surface area contributed by atoms with Crippen LogP contribution < -0.4 is 5.32 Å². The van der Waals surface area contributed by atoms with Crippen molar-refractivity contribution in [2.45, 2.75) is 0 Å². The Morgan fingerprint density at radius 3 is 2.80 bits per heavy atom. The van der Waals surface area contributed by atoms with Crippen LogP contribution in [-0.4, -0.2) is 17.3 Å². The molecule has 0 bridgehead atoms. The average molecular weight is 177 g/mol. The Balaban J connectivity index is 2.81. The molecule has 0 fully saturated rings. The van der Waals surface area contributed by atoms with Gasteiger partial charge in [-0.2, -0.15) is 0 Å². The Hall–Kier alpha value is -0.480. The van der Waals surface area contributed by atoms with Gasteiger partial charge >= 0.3 is 0 Å². The molecule has 3 nitrogen and oxygen atoms in total. The number of aliphatic imine (C=N–C) groups is 1. The number of amidine groups is 1. The quantitative estimate of drug-likeness (QED) is 0.558. The van der Waals surface area contributed by atoms with Gasteiger partial charge in [0.2, 0.25) is 0 Å². The van der Waals surface area contributed by atoms with E-state index >= 15 is 0 Å². The highest BCUT2D eigenvalue weighted by Crippen LogP contribution is 2.10. The Kier molecular flexibility index (Phi) is 2.34. The molecule has 1 rings (SSSR count). The lowest BCUT2D eigenvalue weighted by Gasteiger charge is -1.89. The summed E-state index contributed by atoms with van der Waals surface area (Å²) >= 11 is 6.66. The number of carbonyl (C=O) groups is 1. The number of amides is 1. The molecule has 54 valence electrons. The van der Waals surface area contributed by atoms with Gasteiger partial charge in [-0.05, 0) is 6.26 Å². The van der Waals surface area contributed by atoms with E-state index in [1.165, 1.54) is 17.3 Å². The summed E-state index contributed by atoms with van der Waals surface area (Å²) in [4.78, 5) is 14.6. The van der Waals surface area contributed by atoms with Gasteiger partial charge < -0.3 is 0 Å². The summed E-state index contributed by atoms with van der Waals surface area (Å²) in [6.07, 6.45) is 1.83. The van der Waals surface area contributed by atoms with Gasteiger partial charge in [0.25, 0.3) is 5.91 Å². The molecule has 0 saturated heterocycles. The van der Waals surface area contributed by atoms with Crippen LogP contribution in [0, 0.1) is 0 Å². The number of carbonyl (C=O) groups excluding carboxylic acids is 1. The number of hydrogen-bond donors (Lipinski definition) is 1. The molecule has 1 aliphatic rings. The van der Waals surface area contributed by atoms with Crippen LogP contribution in [0.25, 0.3) is 0 Å². The summed E-state index contributed by atoms with van der Waals surface area (Å²) in [7, 11) is 0. The van der Waals surface area contributed by atoms with E-state index in [0.717, 1.165) is 0 Å². The highest BCUT2D eigenvalue weighted by Gasteiger charge is 2.17. The van der Waals surface area contributed by atoms with E-state index < -0.39 is 0 Å².